The van der Waals surface area contributed by atoms with E-state index >= 15 is 0 Å². The molecule has 1 heterocycles. The Morgan fingerprint density at radius 3 is 2.45 bits per heavy atom. The third kappa shape index (κ3) is 2.27. The van der Waals surface area contributed by atoms with Gasteiger partial charge in [0.2, 0.25) is 0 Å². The third-order valence-corrected chi connectivity index (χ3v) is 4.05. The first-order valence-corrected chi connectivity index (χ1v) is 7.44. The number of nitrogens with one attached hydrogen (secondary N) is 1. The van der Waals surface area contributed by atoms with Gasteiger partial charge in [0.05, 0.1) is 11.0 Å². The Labute approximate surface area is 131 Å². The molecule has 0 spiro atoms. The molecule has 5 heteroatoms. The lowest BCUT2D eigenvalue weighted by Crippen LogP contribution is -2.08. The molecule has 3 nitrogen and oxygen atoms in total. The van der Waals surface area contributed by atoms with E-state index in [0.717, 1.165) is 21.2 Å². The summed E-state index contributed by atoms with van der Waals surface area (Å²) in [6.45, 7) is 0. The maximum atomic E-state index is 5.44. The van der Waals surface area contributed by atoms with Crippen LogP contribution in [0.3, 0.4) is 0 Å². The van der Waals surface area contributed by atoms with Gasteiger partial charge in [-0.15, -0.1) is 0 Å². The van der Waals surface area contributed by atoms with Crippen LogP contribution < -0.4 is 4.90 Å². The predicted octanol–water partition coefficient (Wildman–Crippen LogP) is 4.52. The number of halogens is 1. The maximum Gasteiger partial charge on any atom is 0.182 e. The van der Waals surface area contributed by atoms with Crippen LogP contribution in [0, 0.1) is 4.77 Å². The SMILES string of the molecule is CN(C)c1ccc(-n2c(=S)[nH]c3cc(Br)ccc32)cc1. The molecule has 0 saturated heterocycles. The molecular formula is C15H14BrN3S. The molecule has 0 unspecified atom stereocenters. The Balaban J connectivity index is 2.19. The molecule has 0 aliphatic rings. The first kappa shape index (κ1) is 13.4. The summed E-state index contributed by atoms with van der Waals surface area (Å²) >= 11 is 8.92. The topological polar surface area (TPSA) is 24.0 Å². The molecule has 2 aromatic carbocycles. The highest BCUT2D eigenvalue weighted by molar-refractivity contribution is 9.10. The number of hydrogen-bond acceptors (Lipinski definition) is 2. The van der Waals surface area contributed by atoms with Crippen molar-refractivity contribution < 1.29 is 0 Å². The normalized spacial score (nSPS) is 10.9. The molecule has 0 radical (unpaired) electrons. The highest BCUT2D eigenvalue weighted by atomic mass is 79.9. The van der Waals surface area contributed by atoms with Crippen LogP contribution in [-0.4, -0.2) is 23.6 Å². The highest BCUT2D eigenvalue weighted by Crippen LogP contribution is 2.24. The van der Waals surface area contributed by atoms with Crippen LogP contribution in [0.4, 0.5) is 5.69 Å². The molecule has 0 aliphatic carbocycles. The van der Waals surface area contributed by atoms with Crippen LogP contribution in [-0.2, 0) is 0 Å². The van der Waals surface area contributed by atoms with Gasteiger partial charge in [-0.3, -0.25) is 4.57 Å². The number of fused-ring (bicyclic) bond motifs is 1. The molecule has 0 atom stereocenters. The van der Waals surface area contributed by atoms with E-state index in [0.29, 0.717) is 4.77 Å². The zero-order valence-electron chi connectivity index (χ0n) is 11.2. The molecular weight excluding hydrogens is 334 g/mol. The molecule has 3 aromatic rings. The van der Waals surface area contributed by atoms with Crippen molar-refractivity contribution in [3.63, 3.8) is 0 Å². The van der Waals surface area contributed by atoms with Crippen LogP contribution >= 0.6 is 28.1 Å². The molecule has 0 fully saturated rings. The summed E-state index contributed by atoms with van der Waals surface area (Å²) in [4.78, 5) is 5.32. The van der Waals surface area contributed by atoms with Crippen LogP contribution in [0.15, 0.2) is 46.9 Å². The van der Waals surface area contributed by atoms with E-state index in [9.17, 15) is 0 Å². The first-order valence-electron chi connectivity index (χ1n) is 6.24. The lowest BCUT2D eigenvalue weighted by atomic mass is 10.2. The van der Waals surface area contributed by atoms with Crippen LogP contribution in [0.25, 0.3) is 16.7 Å². The lowest BCUT2D eigenvalue weighted by Gasteiger charge is -2.13. The van der Waals surface area contributed by atoms with E-state index in [1.807, 2.05) is 26.2 Å². The number of imidazole rings is 1. The quantitative estimate of drug-likeness (QED) is 0.689. The summed E-state index contributed by atoms with van der Waals surface area (Å²) in [5, 5.41) is 0. The fraction of sp³-hybridized carbons (Fsp3) is 0.133. The number of hydrogen-bond donors (Lipinski definition) is 1. The molecule has 0 bridgehead atoms. The molecule has 1 aromatic heterocycles. The van der Waals surface area contributed by atoms with Gasteiger partial charge in [0, 0.05) is 29.9 Å². The van der Waals surface area contributed by atoms with Crippen LogP contribution in [0.1, 0.15) is 0 Å². The second-order valence-corrected chi connectivity index (χ2v) is 6.14. The molecule has 20 heavy (non-hydrogen) atoms. The van der Waals surface area contributed by atoms with Gasteiger partial charge in [0.25, 0.3) is 0 Å². The zero-order valence-corrected chi connectivity index (χ0v) is 13.6. The number of anilines is 1. The number of aromatic nitrogens is 2. The molecule has 0 aliphatic heterocycles. The number of benzene rings is 2. The predicted molar refractivity (Wildman–Crippen MR) is 90.5 cm³/mol. The molecule has 1 N–H and O–H groups in total. The fourth-order valence-corrected chi connectivity index (χ4v) is 2.91. The first-order chi connectivity index (χ1) is 9.56. The Kier molecular flexibility index (Phi) is 3.40. The zero-order chi connectivity index (χ0) is 14.3. The van der Waals surface area contributed by atoms with E-state index < -0.39 is 0 Å². The van der Waals surface area contributed by atoms with E-state index in [4.69, 9.17) is 12.2 Å². The average Bonchev–Trinajstić information content (AvgIpc) is 2.73. The van der Waals surface area contributed by atoms with Gasteiger partial charge in [-0.25, -0.2) is 0 Å². The van der Waals surface area contributed by atoms with Crippen LogP contribution in [0.2, 0.25) is 0 Å². The minimum absolute atomic E-state index is 0.704. The van der Waals surface area contributed by atoms with Crippen molar-refractivity contribution in [1.82, 2.24) is 9.55 Å². The summed E-state index contributed by atoms with van der Waals surface area (Å²) in [5.41, 5.74) is 4.34. The Morgan fingerprint density at radius 2 is 1.80 bits per heavy atom. The second-order valence-electron chi connectivity index (χ2n) is 4.84. The fourth-order valence-electron chi connectivity index (χ4n) is 2.24. The highest BCUT2D eigenvalue weighted by Gasteiger charge is 2.07. The van der Waals surface area contributed by atoms with Crippen molar-refractivity contribution >= 4 is 44.9 Å². The van der Waals surface area contributed by atoms with E-state index in [2.05, 4.69) is 60.7 Å². The van der Waals surface area contributed by atoms with Gasteiger partial charge in [0.1, 0.15) is 0 Å². The number of rotatable bonds is 2. The largest absolute Gasteiger partial charge is 0.378 e. The van der Waals surface area contributed by atoms with Crippen molar-refractivity contribution in [2.75, 3.05) is 19.0 Å². The van der Waals surface area contributed by atoms with Gasteiger partial charge in [-0.05, 0) is 54.7 Å². The maximum absolute atomic E-state index is 5.44. The number of aromatic amines is 1. The summed E-state index contributed by atoms with van der Waals surface area (Å²) in [6, 6.07) is 14.5. The number of H-pyrrole nitrogens is 1. The molecule has 102 valence electrons. The Bertz CT molecular complexity index is 815. The van der Waals surface area contributed by atoms with Gasteiger partial charge < -0.3 is 9.88 Å². The number of nitrogens with zero attached hydrogens (tertiary/aromatic N) is 2. The minimum Gasteiger partial charge on any atom is -0.378 e. The molecule has 0 amide bonds. The van der Waals surface area contributed by atoms with Gasteiger partial charge in [-0.1, -0.05) is 15.9 Å². The third-order valence-electron chi connectivity index (χ3n) is 3.27. The monoisotopic (exact) mass is 347 g/mol. The van der Waals surface area contributed by atoms with E-state index in [1.54, 1.807) is 0 Å². The van der Waals surface area contributed by atoms with Crippen molar-refractivity contribution in [3.8, 4) is 5.69 Å². The minimum atomic E-state index is 0.704. The van der Waals surface area contributed by atoms with Gasteiger partial charge >= 0.3 is 0 Å². The van der Waals surface area contributed by atoms with Crippen molar-refractivity contribution in [3.05, 3.63) is 51.7 Å². The summed E-state index contributed by atoms with van der Waals surface area (Å²) in [6.07, 6.45) is 0. The van der Waals surface area contributed by atoms with E-state index in [1.165, 1.54) is 5.69 Å². The van der Waals surface area contributed by atoms with Crippen molar-refractivity contribution in [2.24, 2.45) is 0 Å². The summed E-state index contributed by atoms with van der Waals surface area (Å²) in [5.74, 6) is 0. The van der Waals surface area contributed by atoms with Crippen LogP contribution in [0.5, 0.6) is 0 Å². The molecule has 0 saturated carbocycles. The average molecular weight is 348 g/mol. The van der Waals surface area contributed by atoms with Crippen molar-refractivity contribution in [1.29, 1.82) is 0 Å². The summed E-state index contributed by atoms with van der Waals surface area (Å²) < 4.78 is 3.79. The standard InChI is InChI=1S/C15H14BrN3S/c1-18(2)11-4-6-12(7-5-11)19-14-8-3-10(16)9-13(14)17-15(19)20/h3-9H,1-2H3,(H,17,20). The Morgan fingerprint density at radius 1 is 1.10 bits per heavy atom. The van der Waals surface area contributed by atoms with Gasteiger partial charge in [-0.2, -0.15) is 0 Å². The smallest absolute Gasteiger partial charge is 0.182 e. The molecule has 3 rings (SSSR count). The Hall–Kier alpha value is -1.59. The second kappa shape index (κ2) is 5.07. The van der Waals surface area contributed by atoms with Gasteiger partial charge in [0.15, 0.2) is 4.77 Å². The summed E-state index contributed by atoms with van der Waals surface area (Å²) in [7, 11) is 4.06. The van der Waals surface area contributed by atoms with Crippen molar-refractivity contribution in [2.45, 2.75) is 0 Å². The van der Waals surface area contributed by atoms with E-state index in [-0.39, 0.29) is 0 Å². The lowest BCUT2D eigenvalue weighted by molar-refractivity contribution is 1.06.